The number of benzene rings is 2. The molecular weight excluding hydrogens is 367 g/mol. The Morgan fingerprint density at radius 3 is 2.63 bits per heavy atom. The summed E-state index contributed by atoms with van der Waals surface area (Å²) in [5.74, 6) is 0.104. The lowest BCUT2D eigenvalue weighted by Gasteiger charge is -2.12. The van der Waals surface area contributed by atoms with Crippen molar-refractivity contribution in [3.8, 4) is 11.1 Å². The van der Waals surface area contributed by atoms with E-state index in [0.29, 0.717) is 40.6 Å². The minimum Gasteiger partial charge on any atom is -0.354 e. The number of carbonyl (C=O) groups is 1. The van der Waals surface area contributed by atoms with Crippen molar-refractivity contribution in [2.45, 2.75) is 13.3 Å². The lowest BCUT2D eigenvalue weighted by atomic mass is 10.0. The number of fused-ring (bicyclic) bond motifs is 1. The van der Waals surface area contributed by atoms with Crippen LogP contribution in [0.25, 0.3) is 22.0 Å². The number of hydrogen-bond donors (Lipinski definition) is 1. The van der Waals surface area contributed by atoms with Gasteiger partial charge >= 0.3 is 0 Å². The monoisotopic (exact) mass is 386 g/mol. The minimum atomic E-state index is -0.343. The van der Waals surface area contributed by atoms with Crippen molar-refractivity contribution >= 4 is 34.4 Å². The van der Waals surface area contributed by atoms with Gasteiger partial charge in [0, 0.05) is 48.6 Å². The van der Waals surface area contributed by atoms with Gasteiger partial charge in [0.05, 0.1) is 11.2 Å². The van der Waals surface area contributed by atoms with Crippen LogP contribution in [0.5, 0.6) is 0 Å². The summed E-state index contributed by atoms with van der Waals surface area (Å²) in [4.78, 5) is 22.1. The van der Waals surface area contributed by atoms with E-state index in [1.54, 1.807) is 44.4 Å². The van der Waals surface area contributed by atoms with E-state index in [0.717, 1.165) is 11.1 Å². The Morgan fingerprint density at radius 1 is 1.19 bits per heavy atom. The summed E-state index contributed by atoms with van der Waals surface area (Å²) in [7, 11) is 3.43. The molecule has 0 bridgehead atoms. The first kappa shape index (κ1) is 19.0. The topological polar surface area (TPSA) is 58.1 Å². The largest absolute Gasteiger partial charge is 0.354 e. The van der Waals surface area contributed by atoms with Crippen LogP contribution in [0.3, 0.4) is 0 Å². The average Bonchev–Trinajstić information content (AvgIpc) is 2.62. The molecule has 1 aromatic heterocycles. The van der Waals surface area contributed by atoms with E-state index in [1.165, 1.54) is 11.0 Å². The molecule has 3 aromatic rings. The molecule has 7 heteroatoms. The van der Waals surface area contributed by atoms with Gasteiger partial charge in [-0.25, -0.2) is 14.4 Å². The van der Waals surface area contributed by atoms with E-state index in [9.17, 15) is 9.18 Å². The molecule has 0 aliphatic rings. The number of halogens is 2. The van der Waals surface area contributed by atoms with Crippen LogP contribution in [0.15, 0.2) is 36.4 Å². The smallest absolute Gasteiger partial charge is 0.223 e. The van der Waals surface area contributed by atoms with E-state index in [4.69, 9.17) is 11.6 Å². The maximum atomic E-state index is 14.2. The van der Waals surface area contributed by atoms with Crippen molar-refractivity contribution in [2.75, 3.05) is 26.0 Å². The Morgan fingerprint density at radius 2 is 1.93 bits per heavy atom. The van der Waals surface area contributed by atoms with Crippen LogP contribution in [-0.4, -0.2) is 41.4 Å². The van der Waals surface area contributed by atoms with Gasteiger partial charge in [0.15, 0.2) is 0 Å². The van der Waals surface area contributed by atoms with E-state index in [2.05, 4.69) is 15.3 Å². The maximum absolute atomic E-state index is 14.2. The zero-order valence-electron chi connectivity index (χ0n) is 15.4. The minimum absolute atomic E-state index is 0.0219. The molecule has 1 N–H and O–H groups in total. The highest BCUT2D eigenvalue weighted by atomic mass is 35.5. The van der Waals surface area contributed by atoms with Gasteiger partial charge in [0.25, 0.3) is 0 Å². The van der Waals surface area contributed by atoms with E-state index >= 15 is 0 Å². The molecule has 1 amide bonds. The zero-order valence-corrected chi connectivity index (χ0v) is 16.1. The molecule has 1 heterocycles. The molecule has 2 aromatic carbocycles. The van der Waals surface area contributed by atoms with Crippen LogP contribution in [0.2, 0.25) is 5.02 Å². The van der Waals surface area contributed by atoms with Gasteiger partial charge in [0.2, 0.25) is 11.9 Å². The summed E-state index contributed by atoms with van der Waals surface area (Å²) < 4.78 is 14.2. The summed E-state index contributed by atoms with van der Waals surface area (Å²) in [6.07, 6.45) is 0.342. The second kappa shape index (κ2) is 7.88. The number of anilines is 1. The van der Waals surface area contributed by atoms with Gasteiger partial charge in [-0.3, -0.25) is 4.79 Å². The first-order chi connectivity index (χ1) is 12.9. The normalized spacial score (nSPS) is 10.9. The van der Waals surface area contributed by atoms with Crippen molar-refractivity contribution in [2.24, 2.45) is 0 Å². The van der Waals surface area contributed by atoms with Gasteiger partial charge in [-0.1, -0.05) is 29.8 Å². The third-order valence-corrected chi connectivity index (χ3v) is 4.57. The molecule has 0 radical (unpaired) electrons. The second-order valence-corrected chi connectivity index (χ2v) is 6.83. The number of carbonyl (C=O) groups excluding carboxylic acids is 1. The number of nitrogens with one attached hydrogen (secondary N) is 1. The Kier molecular flexibility index (Phi) is 5.56. The fraction of sp³-hybridized carbons (Fsp3) is 0.250. The third-order valence-electron chi connectivity index (χ3n) is 4.26. The maximum Gasteiger partial charge on any atom is 0.223 e. The van der Waals surface area contributed by atoms with E-state index in [1.807, 2.05) is 6.92 Å². The fourth-order valence-corrected chi connectivity index (χ4v) is 3.04. The van der Waals surface area contributed by atoms with Crippen molar-refractivity contribution in [3.05, 3.63) is 52.9 Å². The molecule has 140 valence electrons. The summed E-state index contributed by atoms with van der Waals surface area (Å²) in [5, 5.41) is 4.31. The number of hydrogen-bond acceptors (Lipinski definition) is 4. The van der Waals surface area contributed by atoms with Gasteiger partial charge in [0.1, 0.15) is 5.82 Å². The molecule has 0 aliphatic carbocycles. The van der Waals surface area contributed by atoms with Crippen LogP contribution >= 0.6 is 11.6 Å². The standard InChI is InChI=1S/C20H20ClFN4O/c1-12-14-10-16(21)15(13-6-4-5-7-17(13)22)11-18(14)25-20(24-12)23-9-8-19(27)26(2)3/h4-7,10-11H,8-9H2,1-3H3,(H,23,24,25). The second-order valence-electron chi connectivity index (χ2n) is 6.43. The van der Waals surface area contributed by atoms with Gasteiger partial charge in [-0.05, 0) is 25.1 Å². The Bertz CT molecular complexity index is 1010. The Labute approximate surface area is 162 Å². The lowest BCUT2D eigenvalue weighted by molar-refractivity contribution is -0.128. The Balaban J connectivity index is 1.95. The summed E-state index contributed by atoms with van der Waals surface area (Å²) >= 11 is 6.39. The van der Waals surface area contributed by atoms with E-state index < -0.39 is 0 Å². The predicted octanol–water partition coefficient (Wildman–Crippen LogP) is 4.29. The summed E-state index contributed by atoms with van der Waals surface area (Å²) in [6, 6.07) is 10.0. The molecular formula is C20H20ClFN4O. The van der Waals surface area contributed by atoms with Crippen LogP contribution in [0.4, 0.5) is 10.3 Å². The van der Waals surface area contributed by atoms with Gasteiger partial charge in [-0.2, -0.15) is 0 Å². The van der Waals surface area contributed by atoms with Crippen molar-refractivity contribution < 1.29 is 9.18 Å². The van der Waals surface area contributed by atoms with Crippen LogP contribution in [0.1, 0.15) is 12.1 Å². The average molecular weight is 387 g/mol. The number of aromatic nitrogens is 2. The van der Waals surface area contributed by atoms with Crippen molar-refractivity contribution in [3.63, 3.8) is 0 Å². The van der Waals surface area contributed by atoms with Crippen LogP contribution in [-0.2, 0) is 4.79 Å². The highest BCUT2D eigenvalue weighted by Gasteiger charge is 2.13. The fourth-order valence-electron chi connectivity index (χ4n) is 2.77. The SMILES string of the molecule is Cc1nc(NCCC(=O)N(C)C)nc2cc(-c3ccccc3F)c(Cl)cc12. The molecule has 0 saturated carbocycles. The quantitative estimate of drug-likeness (QED) is 0.710. The summed E-state index contributed by atoms with van der Waals surface area (Å²) in [5.41, 5.74) is 2.41. The van der Waals surface area contributed by atoms with E-state index in [-0.39, 0.29) is 11.7 Å². The highest BCUT2D eigenvalue weighted by Crippen LogP contribution is 2.34. The highest BCUT2D eigenvalue weighted by molar-refractivity contribution is 6.34. The number of amides is 1. The third kappa shape index (κ3) is 4.17. The van der Waals surface area contributed by atoms with Crippen molar-refractivity contribution in [1.29, 1.82) is 0 Å². The van der Waals surface area contributed by atoms with Gasteiger partial charge in [-0.15, -0.1) is 0 Å². The molecule has 0 fully saturated rings. The molecule has 5 nitrogen and oxygen atoms in total. The number of aryl methyl sites for hydroxylation is 1. The molecule has 3 rings (SSSR count). The van der Waals surface area contributed by atoms with Gasteiger partial charge < -0.3 is 10.2 Å². The van der Waals surface area contributed by atoms with Crippen molar-refractivity contribution in [1.82, 2.24) is 14.9 Å². The molecule has 0 saturated heterocycles. The number of nitrogens with zero attached hydrogens (tertiary/aromatic N) is 3. The van der Waals surface area contributed by atoms with Crippen LogP contribution < -0.4 is 5.32 Å². The molecule has 0 aliphatic heterocycles. The summed E-state index contributed by atoms with van der Waals surface area (Å²) in [6.45, 7) is 2.29. The lowest BCUT2D eigenvalue weighted by Crippen LogP contribution is -2.24. The molecule has 0 atom stereocenters. The number of rotatable bonds is 5. The first-order valence-corrected chi connectivity index (χ1v) is 8.91. The molecule has 27 heavy (non-hydrogen) atoms. The molecule has 0 spiro atoms. The molecule has 0 unspecified atom stereocenters. The zero-order chi connectivity index (χ0) is 19.6. The van der Waals surface area contributed by atoms with Crippen LogP contribution in [0, 0.1) is 12.7 Å². The Hall–Kier alpha value is -2.73. The predicted molar refractivity (Wildman–Crippen MR) is 106 cm³/mol. The first-order valence-electron chi connectivity index (χ1n) is 8.53.